The lowest BCUT2D eigenvalue weighted by molar-refractivity contribution is 0.0900. The van der Waals surface area contributed by atoms with Crippen LogP contribution in [0.5, 0.6) is 5.75 Å². The number of carbonyl (C=O) groups excluding carboxylic acids is 1. The van der Waals surface area contributed by atoms with Crippen LogP contribution in [0, 0.1) is 0 Å². The van der Waals surface area contributed by atoms with Crippen LogP contribution >= 0.6 is 24.0 Å². The van der Waals surface area contributed by atoms with E-state index >= 15 is 0 Å². The van der Waals surface area contributed by atoms with Crippen LogP contribution in [-0.4, -0.2) is 18.4 Å². The highest BCUT2D eigenvalue weighted by atomic mass is 35.5. The van der Waals surface area contributed by atoms with E-state index in [9.17, 15) is 4.79 Å². The molecule has 1 atom stereocenters. The molecule has 0 spiro atoms. The lowest BCUT2D eigenvalue weighted by atomic mass is 10.0. The largest absolute Gasteiger partial charge is 0.491 e. The maximum absolute atomic E-state index is 11.5. The average molecular weight is 234 g/mol. The van der Waals surface area contributed by atoms with Crippen LogP contribution in [0.15, 0.2) is 18.2 Å². The van der Waals surface area contributed by atoms with E-state index in [0.29, 0.717) is 16.3 Å². The molecule has 2 rings (SSSR count). The summed E-state index contributed by atoms with van der Waals surface area (Å²) in [5.74, 6) is 0.442. The molecule has 1 heterocycles. The Morgan fingerprint density at radius 2 is 2.21 bits per heavy atom. The molecule has 0 fully saturated rings. The van der Waals surface area contributed by atoms with Gasteiger partial charge in [0.05, 0.1) is 5.56 Å². The van der Waals surface area contributed by atoms with Crippen molar-refractivity contribution in [3.8, 4) is 5.75 Å². The van der Waals surface area contributed by atoms with Crippen molar-refractivity contribution in [3.63, 3.8) is 0 Å². The Morgan fingerprint density at radius 3 is 2.93 bits per heavy atom. The van der Waals surface area contributed by atoms with Gasteiger partial charge in [-0.2, -0.15) is 0 Å². The normalized spacial score (nSPS) is 19.3. The van der Waals surface area contributed by atoms with Gasteiger partial charge in [0, 0.05) is 5.02 Å². The van der Waals surface area contributed by atoms with E-state index in [-0.39, 0.29) is 24.8 Å². The van der Waals surface area contributed by atoms with Gasteiger partial charge in [0.1, 0.15) is 18.4 Å². The van der Waals surface area contributed by atoms with E-state index in [0.717, 1.165) is 0 Å². The molecule has 3 nitrogen and oxygen atoms in total. The monoisotopic (exact) mass is 233 g/mol. The predicted molar refractivity (Wildman–Crippen MR) is 56.5 cm³/mol. The summed E-state index contributed by atoms with van der Waals surface area (Å²) in [6, 6.07) is 4.37. The third-order valence-electron chi connectivity index (χ3n) is 1.96. The first kappa shape index (κ1) is 11.3. The molecule has 0 bridgehead atoms. The van der Waals surface area contributed by atoms with Gasteiger partial charge in [-0.05, 0) is 18.2 Å². The summed E-state index contributed by atoms with van der Waals surface area (Å²) in [4.78, 5) is 11.5. The zero-order valence-corrected chi connectivity index (χ0v) is 8.77. The number of Topliss-reactive ketones (excluding diaryl/α,β-unsaturated/α-hetero) is 1. The molecule has 1 aliphatic rings. The van der Waals surface area contributed by atoms with Crippen LogP contribution < -0.4 is 10.5 Å². The second-order valence-corrected chi connectivity index (χ2v) is 3.36. The fourth-order valence-electron chi connectivity index (χ4n) is 1.27. The number of hydrogen-bond donors (Lipinski definition) is 1. The Balaban J connectivity index is 0.000000980. The van der Waals surface area contributed by atoms with E-state index in [4.69, 9.17) is 22.1 Å². The number of benzene rings is 1. The Kier molecular flexibility index (Phi) is 3.37. The molecule has 0 aromatic heterocycles. The third kappa shape index (κ3) is 1.85. The van der Waals surface area contributed by atoms with Crippen molar-refractivity contribution >= 4 is 29.8 Å². The second-order valence-electron chi connectivity index (χ2n) is 2.92. The summed E-state index contributed by atoms with van der Waals surface area (Å²) >= 11 is 5.74. The Labute approximate surface area is 92.6 Å². The molecular weight excluding hydrogens is 225 g/mol. The average Bonchev–Trinajstić information content (AvgIpc) is 2.12. The fraction of sp³-hybridized carbons (Fsp3) is 0.222. The van der Waals surface area contributed by atoms with Crippen molar-refractivity contribution in [2.75, 3.05) is 6.61 Å². The smallest absolute Gasteiger partial charge is 0.186 e. The van der Waals surface area contributed by atoms with Crippen molar-refractivity contribution in [2.45, 2.75) is 6.04 Å². The highest BCUT2D eigenvalue weighted by Crippen LogP contribution is 2.27. The number of ketones is 1. The van der Waals surface area contributed by atoms with E-state index in [2.05, 4.69) is 0 Å². The fourth-order valence-corrected chi connectivity index (χ4v) is 1.44. The molecular formula is C9H9Cl2NO2. The quantitative estimate of drug-likeness (QED) is 0.742. The van der Waals surface area contributed by atoms with Crippen LogP contribution in [0.3, 0.4) is 0 Å². The van der Waals surface area contributed by atoms with Crippen molar-refractivity contribution in [3.05, 3.63) is 28.8 Å². The van der Waals surface area contributed by atoms with Crippen molar-refractivity contribution in [2.24, 2.45) is 5.73 Å². The zero-order chi connectivity index (χ0) is 9.42. The minimum Gasteiger partial charge on any atom is -0.491 e. The maximum Gasteiger partial charge on any atom is 0.186 e. The number of halogens is 2. The molecule has 76 valence electrons. The van der Waals surface area contributed by atoms with Gasteiger partial charge in [-0.15, -0.1) is 12.4 Å². The lowest BCUT2D eigenvalue weighted by Gasteiger charge is -2.20. The van der Waals surface area contributed by atoms with Crippen LogP contribution in [0.25, 0.3) is 0 Å². The van der Waals surface area contributed by atoms with Gasteiger partial charge >= 0.3 is 0 Å². The van der Waals surface area contributed by atoms with E-state index in [1.165, 1.54) is 0 Å². The maximum atomic E-state index is 11.5. The molecule has 0 saturated carbocycles. The van der Waals surface area contributed by atoms with Gasteiger partial charge in [0.25, 0.3) is 0 Å². The molecule has 1 aromatic carbocycles. The summed E-state index contributed by atoms with van der Waals surface area (Å²) in [6.07, 6.45) is 0. The van der Waals surface area contributed by atoms with E-state index < -0.39 is 6.04 Å². The minimum atomic E-state index is -0.548. The first-order chi connectivity index (χ1) is 6.18. The summed E-state index contributed by atoms with van der Waals surface area (Å²) < 4.78 is 5.26. The van der Waals surface area contributed by atoms with Crippen molar-refractivity contribution in [1.82, 2.24) is 0 Å². The van der Waals surface area contributed by atoms with Crippen molar-refractivity contribution < 1.29 is 9.53 Å². The summed E-state index contributed by atoms with van der Waals surface area (Å²) in [5.41, 5.74) is 6.04. The molecule has 1 aromatic rings. The standard InChI is InChI=1S/C9H8ClNO2.ClH/c10-5-1-2-6-8(3-5)13-4-7(11)9(6)12;/h1-3,7H,4,11H2;1H. The molecule has 0 saturated heterocycles. The highest BCUT2D eigenvalue weighted by Gasteiger charge is 2.25. The van der Waals surface area contributed by atoms with E-state index in [1.807, 2.05) is 0 Å². The van der Waals surface area contributed by atoms with Gasteiger partial charge in [-0.1, -0.05) is 11.6 Å². The number of nitrogens with two attached hydrogens (primary N) is 1. The molecule has 0 radical (unpaired) electrons. The summed E-state index contributed by atoms with van der Waals surface area (Å²) in [6.45, 7) is 0.228. The summed E-state index contributed by atoms with van der Waals surface area (Å²) in [5, 5.41) is 0.557. The van der Waals surface area contributed by atoms with Gasteiger partial charge < -0.3 is 10.5 Å². The van der Waals surface area contributed by atoms with Gasteiger partial charge in [-0.3, -0.25) is 4.79 Å². The highest BCUT2D eigenvalue weighted by molar-refractivity contribution is 6.31. The topological polar surface area (TPSA) is 52.3 Å². The van der Waals surface area contributed by atoms with E-state index in [1.54, 1.807) is 18.2 Å². The number of ether oxygens (including phenoxy) is 1. The van der Waals surface area contributed by atoms with Crippen LogP contribution in [-0.2, 0) is 0 Å². The molecule has 14 heavy (non-hydrogen) atoms. The second kappa shape index (κ2) is 4.17. The van der Waals surface area contributed by atoms with Crippen molar-refractivity contribution in [1.29, 1.82) is 0 Å². The zero-order valence-electron chi connectivity index (χ0n) is 7.20. The first-order valence-corrected chi connectivity index (χ1v) is 4.28. The Hall–Kier alpha value is -0.770. The molecule has 2 N–H and O–H groups in total. The summed E-state index contributed by atoms with van der Waals surface area (Å²) in [7, 11) is 0. The van der Waals surface area contributed by atoms with Crippen LogP contribution in [0.1, 0.15) is 10.4 Å². The van der Waals surface area contributed by atoms with Crippen LogP contribution in [0.4, 0.5) is 0 Å². The minimum absolute atomic E-state index is 0. The predicted octanol–water partition coefficient (Wildman–Crippen LogP) is 1.66. The lowest BCUT2D eigenvalue weighted by Crippen LogP contribution is -2.40. The Morgan fingerprint density at radius 1 is 1.50 bits per heavy atom. The molecule has 1 aliphatic heterocycles. The molecule has 0 aliphatic carbocycles. The number of hydrogen-bond acceptors (Lipinski definition) is 3. The number of rotatable bonds is 0. The SMILES string of the molecule is Cl.NC1COc2cc(Cl)ccc2C1=O. The van der Waals surface area contributed by atoms with Crippen LogP contribution in [0.2, 0.25) is 5.02 Å². The third-order valence-corrected chi connectivity index (χ3v) is 2.20. The molecule has 5 heteroatoms. The molecule has 1 unspecified atom stereocenters. The first-order valence-electron chi connectivity index (χ1n) is 3.90. The number of fused-ring (bicyclic) bond motifs is 1. The molecule has 0 amide bonds. The Bertz CT molecular complexity index is 368. The van der Waals surface area contributed by atoms with Gasteiger partial charge in [-0.25, -0.2) is 0 Å². The van der Waals surface area contributed by atoms with Gasteiger partial charge in [0.15, 0.2) is 5.78 Å². The van der Waals surface area contributed by atoms with Gasteiger partial charge in [0.2, 0.25) is 0 Å². The number of carbonyl (C=O) groups is 1.